The fourth-order valence-corrected chi connectivity index (χ4v) is 3.29. The maximum Gasteiger partial charge on any atom is 0.194 e. The van der Waals surface area contributed by atoms with Crippen LogP contribution in [0.5, 0.6) is 0 Å². The number of allylic oxidation sites excluding steroid dienone is 3. The molecule has 0 amide bonds. The second kappa shape index (κ2) is 8.69. The fraction of sp³-hybridized carbons (Fsp3) is 0.273. The molecule has 1 aliphatic rings. The molecule has 2 aromatic rings. The molecule has 1 saturated heterocycles. The van der Waals surface area contributed by atoms with Gasteiger partial charge in [0.15, 0.2) is 29.1 Å². The van der Waals surface area contributed by atoms with Crippen molar-refractivity contribution in [2.45, 2.75) is 31.8 Å². The smallest absolute Gasteiger partial charge is 0.194 e. The molecule has 1 fully saturated rings. The average Bonchev–Trinajstić information content (AvgIpc) is 2.71. The summed E-state index contributed by atoms with van der Waals surface area (Å²) in [5, 5.41) is 0. The first-order chi connectivity index (χ1) is 13.4. The van der Waals surface area contributed by atoms with E-state index in [2.05, 4.69) is 0 Å². The van der Waals surface area contributed by atoms with Gasteiger partial charge < -0.3 is 4.74 Å². The van der Waals surface area contributed by atoms with Crippen LogP contribution < -0.4 is 0 Å². The molecule has 0 radical (unpaired) electrons. The molecule has 6 heteroatoms. The minimum atomic E-state index is -1.48. The zero-order valence-corrected chi connectivity index (χ0v) is 15.2. The number of halogens is 5. The summed E-state index contributed by atoms with van der Waals surface area (Å²) in [6.07, 6.45) is 3.38. The van der Waals surface area contributed by atoms with E-state index in [1.165, 1.54) is 18.2 Å². The molecule has 28 heavy (non-hydrogen) atoms. The van der Waals surface area contributed by atoms with Gasteiger partial charge in [-0.1, -0.05) is 30.3 Å². The Kier molecular flexibility index (Phi) is 6.29. The highest BCUT2D eigenvalue weighted by atomic mass is 19.2. The molecule has 2 aromatic carbocycles. The van der Waals surface area contributed by atoms with Gasteiger partial charge in [-0.2, -0.15) is 0 Å². The van der Waals surface area contributed by atoms with Crippen LogP contribution in [0.2, 0.25) is 0 Å². The number of hydrogen-bond acceptors (Lipinski definition) is 1. The molecule has 0 bridgehead atoms. The van der Waals surface area contributed by atoms with Crippen LogP contribution in [0.15, 0.2) is 54.4 Å². The molecule has 148 valence electrons. The van der Waals surface area contributed by atoms with Crippen molar-refractivity contribution in [3.05, 3.63) is 88.5 Å². The van der Waals surface area contributed by atoms with Crippen molar-refractivity contribution in [3.63, 3.8) is 0 Å². The first kappa shape index (κ1) is 20.3. The molecule has 0 aliphatic carbocycles. The van der Waals surface area contributed by atoms with E-state index < -0.39 is 29.1 Å². The molecule has 2 atom stereocenters. The molecular formula is C22H19F5O. The van der Waals surface area contributed by atoms with Crippen LogP contribution in [0, 0.1) is 17.5 Å². The zero-order chi connectivity index (χ0) is 20.3. The van der Waals surface area contributed by atoms with Crippen LogP contribution in [0.25, 0.3) is 5.83 Å². The van der Waals surface area contributed by atoms with Crippen molar-refractivity contribution >= 4 is 5.83 Å². The molecule has 1 nitrogen and oxygen atoms in total. The Labute approximate surface area is 160 Å². The second-order valence-corrected chi connectivity index (χ2v) is 6.68. The molecule has 2 unspecified atom stereocenters. The third-order valence-electron chi connectivity index (χ3n) is 4.81. The normalized spacial score (nSPS) is 21.1. The van der Waals surface area contributed by atoms with Gasteiger partial charge in [-0.15, -0.1) is 0 Å². The van der Waals surface area contributed by atoms with E-state index in [1.807, 2.05) is 0 Å². The Morgan fingerprint density at radius 2 is 1.61 bits per heavy atom. The van der Waals surface area contributed by atoms with Gasteiger partial charge >= 0.3 is 0 Å². The number of ether oxygens (including phenoxy) is 1. The van der Waals surface area contributed by atoms with Gasteiger partial charge in [0.1, 0.15) is 0 Å². The Balaban J connectivity index is 1.68. The number of rotatable bonds is 4. The van der Waals surface area contributed by atoms with Gasteiger partial charge in [-0.25, -0.2) is 22.0 Å². The van der Waals surface area contributed by atoms with E-state index in [4.69, 9.17) is 4.74 Å². The topological polar surface area (TPSA) is 9.23 Å². The lowest BCUT2D eigenvalue weighted by molar-refractivity contribution is 0.00225. The van der Waals surface area contributed by atoms with Crippen molar-refractivity contribution < 1.29 is 26.7 Å². The Hall–Kier alpha value is -2.47. The summed E-state index contributed by atoms with van der Waals surface area (Å²) in [6, 6.07) is 8.29. The predicted molar refractivity (Wildman–Crippen MR) is 97.4 cm³/mol. The van der Waals surface area contributed by atoms with Gasteiger partial charge in [0.2, 0.25) is 0 Å². The van der Waals surface area contributed by atoms with Gasteiger partial charge in [-0.05, 0) is 49.1 Å². The quantitative estimate of drug-likeness (QED) is 0.311. The van der Waals surface area contributed by atoms with Crippen molar-refractivity contribution in [3.8, 4) is 0 Å². The second-order valence-electron chi connectivity index (χ2n) is 6.68. The van der Waals surface area contributed by atoms with E-state index >= 15 is 0 Å². The van der Waals surface area contributed by atoms with E-state index in [0.717, 1.165) is 23.8 Å². The van der Waals surface area contributed by atoms with Crippen molar-refractivity contribution in [2.75, 3.05) is 6.61 Å². The third kappa shape index (κ3) is 4.33. The van der Waals surface area contributed by atoms with Crippen molar-refractivity contribution in [2.24, 2.45) is 0 Å². The lowest BCUT2D eigenvalue weighted by Gasteiger charge is -2.29. The van der Waals surface area contributed by atoms with Gasteiger partial charge in [-0.3, -0.25) is 0 Å². The summed E-state index contributed by atoms with van der Waals surface area (Å²) < 4.78 is 73.2. The highest BCUT2D eigenvalue weighted by Crippen LogP contribution is 2.36. The largest absolute Gasteiger partial charge is 0.373 e. The maximum atomic E-state index is 14.0. The minimum Gasteiger partial charge on any atom is -0.373 e. The molecule has 1 aliphatic heterocycles. The maximum absolute atomic E-state index is 14.0. The lowest BCUT2D eigenvalue weighted by Crippen LogP contribution is -2.19. The summed E-state index contributed by atoms with van der Waals surface area (Å²) in [6.45, 7) is 1.82. The van der Waals surface area contributed by atoms with Crippen molar-refractivity contribution in [1.82, 2.24) is 0 Å². The summed E-state index contributed by atoms with van der Waals surface area (Å²) in [5.41, 5.74) is 1.29. The van der Waals surface area contributed by atoms with E-state index in [1.54, 1.807) is 19.1 Å². The monoisotopic (exact) mass is 394 g/mol. The van der Waals surface area contributed by atoms with E-state index in [-0.39, 0.29) is 24.2 Å². The Bertz CT molecular complexity index is 871. The van der Waals surface area contributed by atoms with Crippen LogP contribution in [-0.4, -0.2) is 6.61 Å². The number of hydrogen-bond donors (Lipinski definition) is 0. The van der Waals surface area contributed by atoms with Gasteiger partial charge in [0, 0.05) is 11.5 Å². The highest BCUT2D eigenvalue weighted by molar-refractivity contribution is 5.63. The molecule has 0 spiro atoms. The van der Waals surface area contributed by atoms with Crippen LogP contribution in [0.4, 0.5) is 22.0 Å². The molecule has 0 N–H and O–H groups in total. The highest BCUT2D eigenvalue weighted by Gasteiger charge is 2.26. The zero-order valence-electron chi connectivity index (χ0n) is 15.2. The Morgan fingerprint density at radius 3 is 2.14 bits per heavy atom. The SMILES string of the molecule is CC=CC(F)=C(F)c1ccc(C2CCC(c3cc(F)c(F)c(F)c3)CO2)cc1. The summed E-state index contributed by atoms with van der Waals surface area (Å²) in [5.74, 6) is -6.03. The molecular weight excluding hydrogens is 375 g/mol. The van der Waals surface area contributed by atoms with Gasteiger partial charge in [0.25, 0.3) is 0 Å². The predicted octanol–water partition coefficient (Wildman–Crippen LogP) is 6.92. The summed E-state index contributed by atoms with van der Waals surface area (Å²) >= 11 is 0. The van der Waals surface area contributed by atoms with E-state index in [9.17, 15) is 22.0 Å². The fourth-order valence-electron chi connectivity index (χ4n) is 3.29. The summed E-state index contributed by atoms with van der Waals surface area (Å²) in [7, 11) is 0. The first-order valence-corrected chi connectivity index (χ1v) is 8.95. The van der Waals surface area contributed by atoms with Crippen LogP contribution in [0.1, 0.15) is 48.5 Å². The standard InChI is InChI=1S/C22H19F5O/c1-2-3-17(23)21(26)14-6-4-13(5-7-14)20-9-8-15(12-28-20)16-10-18(24)22(27)19(25)11-16/h2-7,10-11,15,20H,8-9,12H2,1H3. The third-order valence-corrected chi connectivity index (χ3v) is 4.81. The summed E-state index contributed by atoms with van der Waals surface area (Å²) in [4.78, 5) is 0. The lowest BCUT2D eigenvalue weighted by atomic mass is 9.89. The van der Waals surface area contributed by atoms with Crippen LogP contribution in [-0.2, 0) is 4.74 Å². The molecule has 1 heterocycles. The van der Waals surface area contributed by atoms with Crippen LogP contribution in [0.3, 0.4) is 0 Å². The minimum absolute atomic E-state index is 0.130. The average molecular weight is 394 g/mol. The van der Waals surface area contributed by atoms with E-state index in [0.29, 0.717) is 18.4 Å². The Morgan fingerprint density at radius 1 is 0.964 bits per heavy atom. The molecule has 0 aromatic heterocycles. The molecule has 0 saturated carbocycles. The first-order valence-electron chi connectivity index (χ1n) is 8.95. The van der Waals surface area contributed by atoms with Crippen molar-refractivity contribution in [1.29, 1.82) is 0 Å². The number of benzene rings is 2. The van der Waals surface area contributed by atoms with Crippen LogP contribution >= 0.6 is 0 Å². The van der Waals surface area contributed by atoms with Gasteiger partial charge in [0.05, 0.1) is 12.7 Å². The molecule has 3 rings (SSSR count).